The van der Waals surface area contributed by atoms with Crippen LogP contribution in [-0.2, 0) is 15.5 Å². The molecule has 0 radical (unpaired) electrons. The maximum absolute atomic E-state index is 13.6. The van der Waals surface area contributed by atoms with E-state index in [1.165, 1.54) is 0 Å². The molecule has 25 heavy (non-hydrogen) atoms. The summed E-state index contributed by atoms with van der Waals surface area (Å²) in [5, 5.41) is -0.0540. The van der Waals surface area contributed by atoms with Crippen molar-refractivity contribution in [2.24, 2.45) is 5.92 Å². The highest BCUT2D eigenvalue weighted by molar-refractivity contribution is 7.85. The minimum absolute atomic E-state index is 0.0540. The van der Waals surface area contributed by atoms with Crippen LogP contribution in [0.2, 0.25) is 0 Å². The van der Waals surface area contributed by atoms with Crippen molar-refractivity contribution in [1.82, 2.24) is 4.90 Å². The summed E-state index contributed by atoms with van der Waals surface area (Å²) in [7, 11) is -1.11. The van der Waals surface area contributed by atoms with Crippen LogP contribution in [0.5, 0.6) is 0 Å². The lowest BCUT2D eigenvalue weighted by molar-refractivity contribution is 0.00533. The van der Waals surface area contributed by atoms with Gasteiger partial charge in [0.25, 0.3) is 0 Å². The highest BCUT2D eigenvalue weighted by Gasteiger charge is 2.36. The van der Waals surface area contributed by atoms with E-state index in [4.69, 9.17) is 4.74 Å². The van der Waals surface area contributed by atoms with E-state index in [0.717, 1.165) is 36.8 Å². The van der Waals surface area contributed by atoms with E-state index in [-0.39, 0.29) is 11.3 Å². The fraction of sp³-hybridized carbons (Fsp3) is 0.429. The third-order valence-electron chi connectivity index (χ3n) is 4.79. The summed E-state index contributed by atoms with van der Waals surface area (Å²) in [5.41, 5.74) is 1.15. The van der Waals surface area contributed by atoms with E-state index < -0.39 is 10.8 Å². The van der Waals surface area contributed by atoms with Gasteiger partial charge >= 0.3 is 0 Å². The lowest BCUT2D eigenvalue weighted by atomic mass is 9.94. The summed E-state index contributed by atoms with van der Waals surface area (Å²) in [6.45, 7) is 7.78. The molecule has 2 aromatic rings. The Labute approximate surface area is 153 Å². The first-order valence-corrected chi connectivity index (χ1v) is 10.2. The van der Waals surface area contributed by atoms with Gasteiger partial charge in [-0.1, -0.05) is 62.4 Å². The van der Waals surface area contributed by atoms with E-state index in [0.29, 0.717) is 5.92 Å². The van der Waals surface area contributed by atoms with Crippen LogP contribution in [-0.4, -0.2) is 41.5 Å². The van der Waals surface area contributed by atoms with E-state index in [2.05, 4.69) is 30.9 Å². The first-order valence-electron chi connectivity index (χ1n) is 9.01. The molecule has 1 aliphatic rings. The third-order valence-corrected chi connectivity index (χ3v) is 6.54. The molecule has 1 fully saturated rings. The molecule has 1 heterocycles. The molecular weight excluding hydrogens is 330 g/mol. The van der Waals surface area contributed by atoms with Crippen molar-refractivity contribution < 1.29 is 8.95 Å². The Morgan fingerprint density at radius 2 is 1.48 bits per heavy atom. The summed E-state index contributed by atoms with van der Waals surface area (Å²) < 4.78 is 19.1. The number of rotatable bonds is 6. The topological polar surface area (TPSA) is 29.5 Å². The van der Waals surface area contributed by atoms with Gasteiger partial charge in [-0.3, -0.25) is 9.11 Å². The second-order valence-electron chi connectivity index (χ2n) is 6.82. The summed E-state index contributed by atoms with van der Waals surface area (Å²) in [6, 6.07) is 20.4. The van der Waals surface area contributed by atoms with Crippen molar-refractivity contribution in [3.05, 3.63) is 66.2 Å². The number of morpholine rings is 1. The molecular formula is C21H27NO2S. The third kappa shape index (κ3) is 4.38. The monoisotopic (exact) mass is 357 g/mol. The molecule has 134 valence electrons. The number of nitrogens with zero attached hydrogens (tertiary/aromatic N) is 1. The van der Waals surface area contributed by atoms with Crippen molar-refractivity contribution in [3.8, 4) is 0 Å². The van der Waals surface area contributed by atoms with Crippen LogP contribution in [0, 0.1) is 5.92 Å². The molecule has 3 rings (SSSR count). The van der Waals surface area contributed by atoms with Gasteiger partial charge in [0.15, 0.2) is 0 Å². The molecule has 1 saturated heterocycles. The van der Waals surface area contributed by atoms with Gasteiger partial charge in [-0.2, -0.15) is 0 Å². The zero-order valence-electron chi connectivity index (χ0n) is 15.0. The largest absolute Gasteiger partial charge is 0.379 e. The Morgan fingerprint density at radius 1 is 0.920 bits per heavy atom. The quantitative estimate of drug-likeness (QED) is 0.785. The zero-order valence-corrected chi connectivity index (χ0v) is 15.8. The normalized spacial score (nSPS) is 19.5. The van der Waals surface area contributed by atoms with Crippen LogP contribution in [0.4, 0.5) is 0 Å². The Morgan fingerprint density at radius 3 is 2.04 bits per heavy atom. The van der Waals surface area contributed by atoms with E-state index in [1.807, 2.05) is 48.5 Å². The second kappa shape index (κ2) is 8.75. The molecule has 0 saturated carbocycles. The Hall–Kier alpha value is -1.49. The minimum atomic E-state index is -1.11. The standard InChI is InChI=1S/C21H27NO2S/c1-17(2)20(22-13-15-24-16-14-22)21(18-9-5-3-6-10-18)25(23)19-11-7-4-8-12-19/h3-12,17,20-21H,13-16H2,1-2H3. The Balaban J connectivity index is 2.01. The molecule has 3 nitrogen and oxygen atoms in total. The van der Waals surface area contributed by atoms with Gasteiger partial charge in [-0.05, 0) is 23.6 Å². The number of hydrogen-bond acceptors (Lipinski definition) is 3. The predicted octanol–water partition coefficient (Wildman–Crippen LogP) is 3.89. The van der Waals surface area contributed by atoms with Gasteiger partial charge in [0, 0.05) is 24.0 Å². The van der Waals surface area contributed by atoms with Crippen molar-refractivity contribution in [1.29, 1.82) is 0 Å². The zero-order chi connectivity index (χ0) is 17.6. The molecule has 0 aromatic heterocycles. The highest BCUT2D eigenvalue weighted by Crippen LogP contribution is 2.35. The Kier molecular flexibility index (Phi) is 6.40. The molecule has 3 unspecified atom stereocenters. The number of benzene rings is 2. The average molecular weight is 358 g/mol. The van der Waals surface area contributed by atoms with Crippen LogP contribution in [0.1, 0.15) is 24.7 Å². The van der Waals surface area contributed by atoms with E-state index in [9.17, 15) is 4.21 Å². The van der Waals surface area contributed by atoms with Gasteiger partial charge in [0.2, 0.25) is 0 Å². The Bertz CT molecular complexity index is 669. The van der Waals surface area contributed by atoms with E-state index in [1.54, 1.807) is 0 Å². The van der Waals surface area contributed by atoms with Crippen molar-refractivity contribution in [2.75, 3.05) is 26.3 Å². The maximum Gasteiger partial charge on any atom is 0.0801 e. The molecule has 0 amide bonds. The first kappa shape index (κ1) is 18.3. The van der Waals surface area contributed by atoms with Crippen LogP contribution in [0.15, 0.2) is 65.6 Å². The van der Waals surface area contributed by atoms with E-state index >= 15 is 0 Å². The van der Waals surface area contributed by atoms with Gasteiger partial charge in [0.1, 0.15) is 0 Å². The molecule has 2 aromatic carbocycles. The molecule has 1 aliphatic heterocycles. The summed E-state index contributed by atoms with van der Waals surface area (Å²) >= 11 is 0. The smallest absolute Gasteiger partial charge is 0.0801 e. The molecule has 0 bridgehead atoms. The summed E-state index contributed by atoms with van der Waals surface area (Å²) in [6.07, 6.45) is 0. The maximum atomic E-state index is 13.6. The van der Waals surface area contributed by atoms with Crippen molar-refractivity contribution >= 4 is 10.8 Å². The van der Waals surface area contributed by atoms with Crippen LogP contribution < -0.4 is 0 Å². The minimum Gasteiger partial charge on any atom is -0.379 e. The van der Waals surface area contributed by atoms with Gasteiger partial charge in [0.05, 0.1) is 29.3 Å². The lowest BCUT2D eigenvalue weighted by Crippen LogP contribution is -2.49. The van der Waals surface area contributed by atoms with Gasteiger partial charge in [-0.25, -0.2) is 0 Å². The molecule has 0 N–H and O–H groups in total. The molecule has 0 spiro atoms. The predicted molar refractivity (Wildman–Crippen MR) is 103 cm³/mol. The number of ether oxygens (including phenoxy) is 1. The fourth-order valence-corrected chi connectivity index (χ4v) is 5.49. The number of hydrogen-bond donors (Lipinski definition) is 0. The second-order valence-corrected chi connectivity index (χ2v) is 8.40. The molecule has 4 heteroatoms. The molecule has 3 atom stereocenters. The highest BCUT2D eigenvalue weighted by atomic mass is 32.2. The van der Waals surface area contributed by atoms with Crippen LogP contribution in [0.25, 0.3) is 0 Å². The van der Waals surface area contributed by atoms with Crippen LogP contribution in [0.3, 0.4) is 0 Å². The van der Waals surface area contributed by atoms with Gasteiger partial charge < -0.3 is 4.74 Å². The van der Waals surface area contributed by atoms with Crippen molar-refractivity contribution in [2.45, 2.75) is 30.0 Å². The van der Waals surface area contributed by atoms with Crippen molar-refractivity contribution in [3.63, 3.8) is 0 Å². The lowest BCUT2D eigenvalue weighted by Gasteiger charge is -2.41. The SMILES string of the molecule is CC(C)C(C(c1ccccc1)S(=O)c1ccccc1)N1CCOCC1. The average Bonchev–Trinajstić information content (AvgIpc) is 2.67. The first-order chi connectivity index (χ1) is 12.2. The summed E-state index contributed by atoms with van der Waals surface area (Å²) in [4.78, 5) is 3.36. The molecule has 0 aliphatic carbocycles. The fourth-order valence-electron chi connectivity index (χ4n) is 3.63. The summed E-state index contributed by atoms with van der Waals surface area (Å²) in [5.74, 6) is 0.399. The van der Waals surface area contributed by atoms with Gasteiger partial charge in [-0.15, -0.1) is 0 Å². The van der Waals surface area contributed by atoms with Crippen LogP contribution >= 0.6 is 0 Å².